The molecule has 0 aromatic carbocycles. The van der Waals surface area contributed by atoms with E-state index in [1.807, 2.05) is 23.8 Å². The van der Waals surface area contributed by atoms with Gasteiger partial charge in [0.25, 0.3) is 0 Å². The summed E-state index contributed by atoms with van der Waals surface area (Å²) < 4.78 is 0. The van der Waals surface area contributed by atoms with Gasteiger partial charge in [-0.05, 0) is 40.5 Å². The fraction of sp³-hybridized carbons (Fsp3) is 0.789. The zero-order valence-electron chi connectivity index (χ0n) is 16.6. The van der Waals surface area contributed by atoms with E-state index in [1.54, 1.807) is 0 Å². The summed E-state index contributed by atoms with van der Waals surface area (Å²) in [5, 5.41) is 6.39. The van der Waals surface area contributed by atoms with Crippen LogP contribution in [0.1, 0.15) is 40.5 Å². The second kappa shape index (κ2) is 9.04. The van der Waals surface area contributed by atoms with Crippen LogP contribution in [0.5, 0.6) is 0 Å². The SMILES string of the molecule is C=NN(C)C[C@H](CCC)N=CC1(C(=C)C)C(SC)[C@H]1N(C)C(C)C. The third-order valence-corrected chi connectivity index (χ3v) is 6.38. The van der Waals surface area contributed by atoms with Crippen molar-refractivity contribution in [3.63, 3.8) is 0 Å². The van der Waals surface area contributed by atoms with Gasteiger partial charge in [-0.2, -0.15) is 16.9 Å². The third-order valence-electron chi connectivity index (χ3n) is 5.22. The Morgan fingerprint density at radius 1 is 1.38 bits per heavy atom. The molecule has 0 radical (unpaired) electrons. The van der Waals surface area contributed by atoms with Gasteiger partial charge in [0.05, 0.1) is 18.0 Å². The van der Waals surface area contributed by atoms with Gasteiger partial charge in [-0.15, -0.1) is 0 Å². The molecule has 4 atom stereocenters. The minimum absolute atomic E-state index is 0.00932. The summed E-state index contributed by atoms with van der Waals surface area (Å²) in [6, 6.07) is 1.25. The van der Waals surface area contributed by atoms with Crippen molar-refractivity contribution < 1.29 is 0 Å². The van der Waals surface area contributed by atoms with E-state index in [9.17, 15) is 0 Å². The molecule has 1 saturated carbocycles. The van der Waals surface area contributed by atoms with E-state index < -0.39 is 0 Å². The Balaban J connectivity index is 3.02. The van der Waals surface area contributed by atoms with Crippen molar-refractivity contribution in [2.45, 2.75) is 63.9 Å². The first kappa shape index (κ1) is 21.2. The van der Waals surface area contributed by atoms with Gasteiger partial charge in [0.2, 0.25) is 0 Å². The van der Waals surface area contributed by atoms with Crippen LogP contribution in [0.2, 0.25) is 0 Å². The summed E-state index contributed by atoms with van der Waals surface area (Å²) in [5.74, 6) is 0. The molecule has 4 nitrogen and oxygen atoms in total. The number of hydrogen-bond acceptors (Lipinski definition) is 5. The fourth-order valence-electron chi connectivity index (χ4n) is 3.44. The molecule has 2 unspecified atom stereocenters. The van der Waals surface area contributed by atoms with Crippen molar-refractivity contribution in [3.05, 3.63) is 12.2 Å². The Hall–Kier alpha value is -0.810. The molecular weight excluding hydrogens is 316 g/mol. The van der Waals surface area contributed by atoms with Gasteiger partial charge < -0.3 is 0 Å². The minimum atomic E-state index is -0.00932. The number of nitrogens with zero attached hydrogens (tertiary/aromatic N) is 4. The molecule has 0 saturated heterocycles. The summed E-state index contributed by atoms with van der Waals surface area (Å²) >= 11 is 1.93. The fourth-order valence-corrected chi connectivity index (χ4v) is 4.83. The second-order valence-corrected chi connectivity index (χ2v) is 8.26. The zero-order valence-corrected chi connectivity index (χ0v) is 17.4. The number of hydrogen-bond donors (Lipinski definition) is 0. The first-order valence-electron chi connectivity index (χ1n) is 8.88. The molecule has 0 aliphatic heterocycles. The van der Waals surface area contributed by atoms with Gasteiger partial charge >= 0.3 is 0 Å². The van der Waals surface area contributed by atoms with Crippen molar-refractivity contribution in [2.24, 2.45) is 15.5 Å². The Morgan fingerprint density at radius 3 is 2.42 bits per heavy atom. The number of hydrazone groups is 1. The molecular formula is C19H36N4S. The van der Waals surface area contributed by atoms with Gasteiger partial charge in [-0.1, -0.05) is 25.5 Å². The van der Waals surface area contributed by atoms with E-state index in [-0.39, 0.29) is 11.5 Å². The smallest absolute Gasteiger partial charge is 0.0687 e. The molecule has 0 bridgehead atoms. The highest BCUT2D eigenvalue weighted by Crippen LogP contribution is 2.59. The second-order valence-electron chi connectivity index (χ2n) is 7.28. The third kappa shape index (κ3) is 4.42. The molecule has 0 N–H and O–H groups in total. The number of rotatable bonds is 11. The van der Waals surface area contributed by atoms with Crippen LogP contribution >= 0.6 is 11.8 Å². The standard InChI is InChI=1S/C19H36N4S/c1-10-11-16(12-22(7)20-6)21-13-19(14(2)3)17(18(19)24-9)23(8)15(4)5/h13,15-18H,2,6,10-12H2,1,3-5,7-9H3/t16-,17+,18?,19?/m0/s1. The summed E-state index contributed by atoms with van der Waals surface area (Å²) in [6.07, 6.45) is 6.59. The summed E-state index contributed by atoms with van der Waals surface area (Å²) in [6.45, 7) is 17.6. The summed E-state index contributed by atoms with van der Waals surface area (Å²) in [5.41, 5.74) is 1.21. The van der Waals surface area contributed by atoms with E-state index in [0.717, 1.165) is 19.4 Å². The van der Waals surface area contributed by atoms with E-state index >= 15 is 0 Å². The van der Waals surface area contributed by atoms with Crippen LogP contribution in [0.4, 0.5) is 0 Å². The predicted molar refractivity (Wildman–Crippen MR) is 111 cm³/mol. The Kier molecular flexibility index (Phi) is 8.00. The molecule has 1 rings (SSSR count). The lowest BCUT2D eigenvalue weighted by Gasteiger charge is -2.25. The van der Waals surface area contributed by atoms with Gasteiger partial charge in [-0.25, -0.2) is 0 Å². The van der Waals surface area contributed by atoms with Crippen molar-refractivity contribution in [1.29, 1.82) is 0 Å². The molecule has 0 spiro atoms. The van der Waals surface area contributed by atoms with Crippen LogP contribution in [0.15, 0.2) is 22.2 Å². The molecule has 1 aliphatic carbocycles. The normalized spacial score (nSPS) is 27.7. The lowest BCUT2D eigenvalue weighted by atomic mass is 9.98. The van der Waals surface area contributed by atoms with Crippen LogP contribution in [-0.4, -0.2) is 73.1 Å². The summed E-state index contributed by atoms with van der Waals surface area (Å²) in [4.78, 5) is 7.46. The first-order valence-corrected chi connectivity index (χ1v) is 10.2. The maximum Gasteiger partial charge on any atom is 0.0687 e. The topological polar surface area (TPSA) is 31.2 Å². The maximum absolute atomic E-state index is 4.99. The zero-order chi connectivity index (χ0) is 18.5. The van der Waals surface area contributed by atoms with Gasteiger partial charge in [0.1, 0.15) is 0 Å². The maximum atomic E-state index is 4.99. The number of thioether (sulfide) groups is 1. The molecule has 0 aromatic rings. The van der Waals surface area contributed by atoms with Crippen molar-refractivity contribution >= 4 is 24.7 Å². The molecule has 24 heavy (non-hydrogen) atoms. The average molecular weight is 353 g/mol. The van der Waals surface area contributed by atoms with Crippen LogP contribution in [0.25, 0.3) is 0 Å². The van der Waals surface area contributed by atoms with Crippen LogP contribution in [-0.2, 0) is 0 Å². The molecule has 1 aliphatic rings. The lowest BCUT2D eigenvalue weighted by molar-refractivity contribution is 0.249. The van der Waals surface area contributed by atoms with E-state index in [0.29, 0.717) is 17.3 Å². The molecule has 0 amide bonds. The predicted octanol–water partition coefficient (Wildman–Crippen LogP) is 3.79. The van der Waals surface area contributed by atoms with E-state index in [4.69, 9.17) is 4.99 Å². The number of aliphatic imine (C=N–C) groups is 1. The Labute approximate surface area is 153 Å². The Bertz CT molecular complexity index is 462. The molecule has 138 valence electrons. The van der Waals surface area contributed by atoms with Gasteiger partial charge in [0, 0.05) is 37.3 Å². The van der Waals surface area contributed by atoms with Crippen LogP contribution in [0, 0.1) is 5.41 Å². The van der Waals surface area contributed by atoms with Crippen molar-refractivity contribution in [3.8, 4) is 0 Å². The monoisotopic (exact) mass is 352 g/mol. The highest BCUT2D eigenvalue weighted by molar-refractivity contribution is 7.99. The van der Waals surface area contributed by atoms with Gasteiger partial charge in [-0.3, -0.25) is 14.9 Å². The molecule has 5 heteroatoms. The first-order chi connectivity index (χ1) is 11.3. The van der Waals surface area contributed by atoms with Crippen LogP contribution in [0.3, 0.4) is 0 Å². The quantitative estimate of drug-likeness (QED) is 0.322. The van der Waals surface area contributed by atoms with E-state index in [1.165, 1.54) is 5.57 Å². The summed E-state index contributed by atoms with van der Waals surface area (Å²) in [7, 11) is 4.17. The average Bonchev–Trinajstić information content (AvgIpc) is 3.20. The number of likely N-dealkylation sites (N-methyl/N-ethyl adjacent to an activating group) is 1. The largest absolute Gasteiger partial charge is 0.299 e. The van der Waals surface area contributed by atoms with E-state index in [2.05, 4.69) is 70.5 Å². The molecule has 0 aromatic heterocycles. The highest BCUT2D eigenvalue weighted by atomic mass is 32.2. The highest BCUT2D eigenvalue weighted by Gasteiger charge is 2.66. The van der Waals surface area contributed by atoms with Gasteiger partial charge in [0.15, 0.2) is 0 Å². The molecule has 1 fully saturated rings. The Morgan fingerprint density at radius 2 is 2.00 bits per heavy atom. The van der Waals surface area contributed by atoms with Crippen molar-refractivity contribution in [1.82, 2.24) is 9.91 Å². The molecule has 0 heterocycles. The van der Waals surface area contributed by atoms with Crippen molar-refractivity contribution in [2.75, 3.05) is 26.9 Å². The minimum Gasteiger partial charge on any atom is -0.299 e. The lowest BCUT2D eigenvalue weighted by Crippen LogP contribution is -2.33. The van der Waals surface area contributed by atoms with Crippen LogP contribution < -0.4 is 0 Å².